The summed E-state index contributed by atoms with van der Waals surface area (Å²) in [6, 6.07) is 0. The Bertz CT molecular complexity index is 249. The third-order valence-corrected chi connectivity index (χ3v) is 2.92. The van der Waals surface area contributed by atoms with Crippen molar-refractivity contribution in [1.82, 2.24) is 0 Å². The van der Waals surface area contributed by atoms with Crippen molar-refractivity contribution >= 4 is 10.1 Å². The lowest BCUT2D eigenvalue weighted by Gasteiger charge is -2.08. The minimum Gasteiger partial charge on any atom is -0.381 e. The van der Waals surface area contributed by atoms with Gasteiger partial charge in [-0.15, -0.1) is 0 Å². The third kappa shape index (κ3) is 11.9. The molecular weight excluding hydrogens is 228 g/mol. The van der Waals surface area contributed by atoms with Crippen LogP contribution in [-0.4, -0.2) is 34.5 Å². The van der Waals surface area contributed by atoms with E-state index in [2.05, 4.69) is 18.0 Å². The second-order valence-electron chi connectivity index (χ2n) is 4.18. The van der Waals surface area contributed by atoms with Crippen molar-refractivity contribution in [2.75, 3.05) is 26.1 Å². The molecule has 0 aliphatic rings. The van der Waals surface area contributed by atoms with Crippen LogP contribution in [0.5, 0.6) is 0 Å². The summed E-state index contributed by atoms with van der Waals surface area (Å²) in [7, 11) is -3.27. The van der Waals surface area contributed by atoms with Crippen LogP contribution in [0.1, 0.15) is 39.5 Å². The number of hydrogen-bond acceptors (Lipinski definition) is 4. The molecule has 98 valence electrons. The molecular formula is C11H24O4S. The van der Waals surface area contributed by atoms with Gasteiger partial charge in [0, 0.05) is 13.2 Å². The number of hydrogen-bond donors (Lipinski definition) is 0. The van der Waals surface area contributed by atoms with Crippen LogP contribution in [0.3, 0.4) is 0 Å². The lowest BCUT2D eigenvalue weighted by molar-refractivity contribution is 0.0994. The first kappa shape index (κ1) is 15.9. The second kappa shape index (κ2) is 8.96. The van der Waals surface area contributed by atoms with Crippen LogP contribution in [0.15, 0.2) is 0 Å². The molecule has 4 nitrogen and oxygen atoms in total. The van der Waals surface area contributed by atoms with Crippen LogP contribution < -0.4 is 0 Å². The summed E-state index contributed by atoms with van der Waals surface area (Å²) in [4.78, 5) is 0. The first-order valence-corrected chi connectivity index (χ1v) is 7.69. The van der Waals surface area contributed by atoms with E-state index in [1.165, 1.54) is 0 Å². The molecule has 16 heavy (non-hydrogen) atoms. The van der Waals surface area contributed by atoms with Crippen molar-refractivity contribution in [1.29, 1.82) is 0 Å². The van der Waals surface area contributed by atoms with E-state index >= 15 is 0 Å². The van der Waals surface area contributed by atoms with E-state index in [9.17, 15) is 8.42 Å². The maximum absolute atomic E-state index is 10.6. The molecule has 0 saturated carbocycles. The lowest BCUT2D eigenvalue weighted by atomic mass is 10.1. The highest BCUT2D eigenvalue weighted by atomic mass is 32.2. The highest BCUT2D eigenvalue weighted by Gasteiger charge is 2.01. The zero-order valence-electron chi connectivity index (χ0n) is 10.6. The van der Waals surface area contributed by atoms with Crippen LogP contribution in [0.2, 0.25) is 0 Å². The topological polar surface area (TPSA) is 52.6 Å². The number of rotatable bonds is 10. The summed E-state index contributed by atoms with van der Waals surface area (Å²) in [5.74, 6) is 0.619. The van der Waals surface area contributed by atoms with E-state index in [4.69, 9.17) is 4.74 Å². The van der Waals surface area contributed by atoms with E-state index < -0.39 is 10.1 Å². The Morgan fingerprint density at radius 2 is 1.75 bits per heavy atom. The predicted molar refractivity (Wildman–Crippen MR) is 64.9 cm³/mol. The van der Waals surface area contributed by atoms with Gasteiger partial charge in [0.05, 0.1) is 12.9 Å². The maximum atomic E-state index is 10.6. The Balaban J connectivity index is 3.16. The largest absolute Gasteiger partial charge is 0.381 e. The van der Waals surface area contributed by atoms with Gasteiger partial charge < -0.3 is 4.74 Å². The first-order valence-electron chi connectivity index (χ1n) is 5.88. The molecule has 0 fully saturated rings. The molecule has 0 aromatic rings. The summed E-state index contributed by atoms with van der Waals surface area (Å²) in [6.45, 7) is 6.17. The molecule has 5 heteroatoms. The Morgan fingerprint density at radius 3 is 2.31 bits per heavy atom. The normalized spacial score (nSPS) is 13.9. The zero-order valence-corrected chi connectivity index (χ0v) is 11.4. The van der Waals surface area contributed by atoms with Crippen molar-refractivity contribution < 1.29 is 17.3 Å². The van der Waals surface area contributed by atoms with E-state index in [1.54, 1.807) is 0 Å². The predicted octanol–water partition coefficient (Wildman–Crippen LogP) is 2.20. The van der Waals surface area contributed by atoms with Crippen molar-refractivity contribution in [3.63, 3.8) is 0 Å². The summed E-state index contributed by atoms with van der Waals surface area (Å²) in [5, 5.41) is 0. The van der Waals surface area contributed by atoms with Crippen LogP contribution >= 0.6 is 0 Å². The Hall–Kier alpha value is -0.130. The summed E-state index contributed by atoms with van der Waals surface area (Å²) < 4.78 is 31.4. The molecule has 0 radical (unpaired) electrons. The Morgan fingerprint density at radius 1 is 1.12 bits per heavy atom. The van der Waals surface area contributed by atoms with Gasteiger partial charge >= 0.3 is 0 Å². The van der Waals surface area contributed by atoms with Crippen LogP contribution in [0.25, 0.3) is 0 Å². The molecule has 1 atom stereocenters. The molecule has 0 bridgehead atoms. The van der Waals surface area contributed by atoms with Crippen molar-refractivity contribution in [3.05, 3.63) is 0 Å². The first-order chi connectivity index (χ1) is 7.45. The van der Waals surface area contributed by atoms with Crippen molar-refractivity contribution in [2.24, 2.45) is 5.92 Å². The molecule has 0 amide bonds. The molecule has 0 saturated heterocycles. The third-order valence-electron chi connectivity index (χ3n) is 2.33. The maximum Gasteiger partial charge on any atom is 0.264 e. The van der Waals surface area contributed by atoms with Gasteiger partial charge in [-0.1, -0.05) is 20.3 Å². The van der Waals surface area contributed by atoms with Crippen LogP contribution in [-0.2, 0) is 19.0 Å². The van der Waals surface area contributed by atoms with Gasteiger partial charge in [-0.05, 0) is 25.2 Å². The quantitative estimate of drug-likeness (QED) is 0.442. The Labute approximate surface area is 99.5 Å². The standard InChI is InChI=1S/C11H24O4S/c1-4-11(2)10-14-8-6-5-7-9-15-16(3,12)13/h11H,4-10H2,1-3H3. The molecule has 0 aliphatic heterocycles. The van der Waals surface area contributed by atoms with Gasteiger partial charge in [0.25, 0.3) is 10.1 Å². The van der Waals surface area contributed by atoms with Crippen molar-refractivity contribution in [2.45, 2.75) is 39.5 Å². The average Bonchev–Trinajstić information content (AvgIpc) is 2.20. The lowest BCUT2D eigenvalue weighted by Crippen LogP contribution is -2.06. The van der Waals surface area contributed by atoms with E-state index in [-0.39, 0.29) is 6.61 Å². The fraction of sp³-hybridized carbons (Fsp3) is 1.00. The van der Waals surface area contributed by atoms with E-state index in [0.717, 1.165) is 45.2 Å². The summed E-state index contributed by atoms with van der Waals surface area (Å²) >= 11 is 0. The highest BCUT2D eigenvalue weighted by molar-refractivity contribution is 7.85. The molecule has 0 N–H and O–H groups in total. The van der Waals surface area contributed by atoms with E-state index in [1.807, 2.05) is 0 Å². The molecule has 0 heterocycles. The van der Waals surface area contributed by atoms with Gasteiger partial charge in [-0.3, -0.25) is 4.18 Å². The zero-order chi connectivity index (χ0) is 12.4. The van der Waals surface area contributed by atoms with Gasteiger partial charge in [0.1, 0.15) is 0 Å². The Kier molecular flexibility index (Phi) is 8.89. The second-order valence-corrected chi connectivity index (χ2v) is 5.82. The van der Waals surface area contributed by atoms with Crippen LogP contribution in [0, 0.1) is 5.92 Å². The van der Waals surface area contributed by atoms with Gasteiger partial charge in [0.15, 0.2) is 0 Å². The van der Waals surface area contributed by atoms with Crippen LogP contribution in [0.4, 0.5) is 0 Å². The summed E-state index contributed by atoms with van der Waals surface area (Å²) in [6.07, 6.45) is 4.88. The fourth-order valence-electron chi connectivity index (χ4n) is 1.10. The van der Waals surface area contributed by atoms with Gasteiger partial charge in [-0.25, -0.2) is 0 Å². The minimum absolute atomic E-state index is 0.282. The average molecular weight is 252 g/mol. The molecule has 0 aromatic carbocycles. The molecule has 1 unspecified atom stereocenters. The smallest absolute Gasteiger partial charge is 0.264 e. The summed E-state index contributed by atoms with van der Waals surface area (Å²) in [5.41, 5.74) is 0. The van der Waals surface area contributed by atoms with Gasteiger partial charge in [-0.2, -0.15) is 8.42 Å². The molecule has 0 aromatic heterocycles. The van der Waals surface area contributed by atoms with Gasteiger partial charge in [0.2, 0.25) is 0 Å². The molecule has 0 rings (SSSR count). The molecule has 0 spiro atoms. The van der Waals surface area contributed by atoms with Crippen molar-refractivity contribution in [3.8, 4) is 0 Å². The minimum atomic E-state index is -3.27. The SMILES string of the molecule is CCC(C)COCCCCCOS(C)(=O)=O. The number of ether oxygens (including phenoxy) is 1. The number of unbranched alkanes of at least 4 members (excludes halogenated alkanes) is 2. The highest BCUT2D eigenvalue weighted by Crippen LogP contribution is 2.03. The fourth-order valence-corrected chi connectivity index (χ4v) is 1.52. The monoisotopic (exact) mass is 252 g/mol. The van der Waals surface area contributed by atoms with E-state index in [0.29, 0.717) is 5.92 Å². The molecule has 0 aliphatic carbocycles.